The number of nitrogens with one attached hydrogen (secondary N) is 1. The van der Waals surface area contributed by atoms with Crippen LogP contribution in [0.15, 0.2) is 59.6 Å². The molecule has 4 aliphatic rings. The number of amides is 1. The maximum atomic E-state index is 13.8. The van der Waals surface area contributed by atoms with Gasteiger partial charge in [-0.05, 0) is 67.4 Å². The van der Waals surface area contributed by atoms with E-state index >= 15 is 0 Å². The number of ketones is 2. The van der Waals surface area contributed by atoms with Crippen molar-refractivity contribution in [2.24, 2.45) is 39.5 Å². The number of para-hydroxylation sites is 1. The summed E-state index contributed by atoms with van der Waals surface area (Å²) in [7, 11) is 0. The van der Waals surface area contributed by atoms with Crippen molar-refractivity contribution in [3.8, 4) is 0 Å². The predicted molar refractivity (Wildman–Crippen MR) is 145 cm³/mol. The highest BCUT2D eigenvalue weighted by Crippen LogP contribution is 2.63. The molecule has 6 atom stereocenters. The second-order valence-electron chi connectivity index (χ2n) is 12.2. The Kier molecular flexibility index (Phi) is 5.93. The average molecular weight is 497 g/mol. The van der Waals surface area contributed by atoms with Crippen molar-refractivity contribution >= 4 is 28.9 Å². The Balaban J connectivity index is 1.23. The zero-order chi connectivity index (χ0) is 25.8. The lowest BCUT2D eigenvalue weighted by atomic mass is 9.49. The molecule has 1 N–H and O–H groups in total. The van der Waals surface area contributed by atoms with Crippen molar-refractivity contribution < 1.29 is 14.4 Å². The number of rotatable bonds is 4. The van der Waals surface area contributed by atoms with Gasteiger partial charge in [-0.25, -0.2) is 0 Å². The molecule has 37 heavy (non-hydrogen) atoms. The lowest BCUT2D eigenvalue weighted by Crippen LogP contribution is -2.55. The van der Waals surface area contributed by atoms with E-state index in [2.05, 4.69) is 19.2 Å². The van der Waals surface area contributed by atoms with E-state index in [0.717, 1.165) is 44.4 Å². The summed E-state index contributed by atoms with van der Waals surface area (Å²) in [5.74, 6) is 1.70. The fraction of sp³-hybridized carbons (Fsp3) is 0.500. The molecular formula is C32H36N2O3. The Morgan fingerprint density at radius 1 is 0.919 bits per heavy atom. The van der Waals surface area contributed by atoms with E-state index < -0.39 is 0 Å². The Labute approximate surface area is 219 Å². The van der Waals surface area contributed by atoms with Gasteiger partial charge in [0, 0.05) is 47.6 Å². The molecule has 1 aliphatic heterocycles. The molecule has 0 aromatic heterocycles. The summed E-state index contributed by atoms with van der Waals surface area (Å²) in [6, 6.07) is 16.6. The summed E-state index contributed by atoms with van der Waals surface area (Å²) in [5.41, 5.74) is 2.84. The first-order chi connectivity index (χ1) is 17.8. The Morgan fingerprint density at radius 2 is 1.68 bits per heavy atom. The van der Waals surface area contributed by atoms with E-state index in [1.807, 2.05) is 48.5 Å². The molecule has 0 bridgehead atoms. The van der Waals surface area contributed by atoms with E-state index in [0.29, 0.717) is 53.2 Å². The van der Waals surface area contributed by atoms with Gasteiger partial charge >= 0.3 is 0 Å². The van der Waals surface area contributed by atoms with Gasteiger partial charge in [0.25, 0.3) is 0 Å². The van der Waals surface area contributed by atoms with Crippen molar-refractivity contribution in [2.75, 3.05) is 11.9 Å². The molecule has 6 rings (SSSR count). The summed E-state index contributed by atoms with van der Waals surface area (Å²) in [4.78, 5) is 44.1. The molecule has 192 valence electrons. The first-order valence-corrected chi connectivity index (χ1v) is 13.9. The van der Waals surface area contributed by atoms with Crippen molar-refractivity contribution in [2.45, 2.75) is 58.8 Å². The number of nitrogens with zero attached hydrogens (tertiary/aromatic N) is 1. The van der Waals surface area contributed by atoms with Gasteiger partial charge in [-0.1, -0.05) is 56.3 Å². The molecule has 2 aromatic rings. The van der Waals surface area contributed by atoms with Crippen molar-refractivity contribution in [3.05, 3.63) is 65.7 Å². The number of carbonyl (C=O) groups is 3. The normalized spacial score (nSPS) is 34.5. The number of hydrogen-bond acceptors (Lipinski definition) is 4. The van der Waals surface area contributed by atoms with E-state index in [4.69, 9.17) is 4.99 Å². The minimum absolute atomic E-state index is 0.0336. The molecule has 0 radical (unpaired) electrons. The second-order valence-corrected chi connectivity index (χ2v) is 12.2. The van der Waals surface area contributed by atoms with Crippen LogP contribution in [0.2, 0.25) is 0 Å². The summed E-state index contributed by atoms with van der Waals surface area (Å²) in [6.07, 6.45) is 6.16. The van der Waals surface area contributed by atoms with E-state index in [1.165, 1.54) is 0 Å². The van der Waals surface area contributed by atoms with Gasteiger partial charge < -0.3 is 5.32 Å². The highest BCUT2D eigenvalue weighted by Gasteiger charge is 2.60. The molecule has 5 heteroatoms. The van der Waals surface area contributed by atoms with Gasteiger partial charge in [-0.2, -0.15) is 0 Å². The summed E-state index contributed by atoms with van der Waals surface area (Å²) in [5, 5.41) is 3.17. The van der Waals surface area contributed by atoms with E-state index in [9.17, 15) is 14.4 Å². The number of Topliss-reactive ketones (excluding diaryl/α,β-unsaturated/α-hetero) is 1. The van der Waals surface area contributed by atoms with Crippen LogP contribution in [-0.2, 0) is 9.59 Å². The minimum atomic E-state index is -0.0809. The summed E-state index contributed by atoms with van der Waals surface area (Å²) in [6.45, 7) is 5.46. The molecule has 3 unspecified atom stereocenters. The van der Waals surface area contributed by atoms with Crippen molar-refractivity contribution in [1.82, 2.24) is 0 Å². The summed E-state index contributed by atoms with van der Waals surface area (Å²) < 4.78 is 0. The molecule has 5 nitrogen and oxygen atoms in total. The van der Waals surface area contributed by atoms with Crippen LogP contribution in [-0.4, -0.2) is 29.7 Å². The van der Waals surface area contributed by atoms with E-state index in [1.54, 1.807) is 6.07 Å². The number of aliphatic imine (C=N–C) groups is 1. The molecular weight excluding hydrogens is 460 g/mol. The van der Waals surface area contributed by atoms with Crippen LogP contribution in [0.1, 0.15) is 74.7 Å². The maximum absolute atomic E-state index is 13.8. The van der Waals surface area contributed by atoms with Crippen LogP contribution in [0.25, 0.3) is 0 Å². The number of hydrogen-bond donors (Lipinski definition) is 1. The fourth-order valence-electron chi connectivity index (χ4n) is 8.39. The fourth-order valence-corrected chi connectivity index (χ4v) is 8.39. The first kappa shape index (κ1) is 24.3. The average Bonchev–Trinajstić information content (AvgIpc) is 3.27. The van der Waals surface area contributed by atoms with Crippen LogP contribution in [0.3, 0.4) is 0 Å². The Morgan fingerprint density at radius 3 is 2.49 bits per heavy atom. The Bertz CT molecular complexity index is 1280. The monoisotopic (exact) mass is 496 g/mol. The van der Waals surface area contributed by atoms with Crippen LogP contribution in [0, 0.1) is 34.5 Å². The first-order valence-electron chi connectivity index (χ1n) is 13.9. The third-order valence-electron chi connectivity index (χ3n) is 10.5. The zero-order valence-corrected chi connectivity index (χ0v) is 21.8. The molecule has 3 saturated carbocycles. The van der Waals surface area contributed by atoms with Crippen LogP contribution in [0.5, 0.6) is 0 Å². The molecule has 0 saturated heterocycles. The van der Waals surface area contributed by atoms with Crippen LogP contribution >= 0.6 is 0 Å². The smallest absolute Gasteiger partial charge is 0.228 e. The van der Waals surface area contributed by atoms with E-state index in [-0.39, 0.29) is 28.4 Å². The van der Waals surface area contributed by atoms with Crippen LogP contribution in [0.4, 0.5) is 5.69 Å². The molecule has 1 amide bonds. The topological polar surface area (TPSA) is 75.6 Å². The third-order valence-corrected chi connectivity index (χ3v) is 10.5. The zero-order valence-electron chi connectivity index (χ0n) is 21.8. The standard InChI is InChI=1S/C32H36N2O3/c1-31-17-15-25-23(19-33-28-18-21(35)14-16-32(25,28)2)24(31)12-13-26(31)30(37)34-27-11-7-6-10-22(27)29(36)20-8-4-3-5-9-20/h3-11,23-26H,12-19H2,1-2H3,(H,34,37)/t23?,24?,25?,26-,31+,32-/m1/s1. The van der Waals surface area contributed by atoms with Crippen LogP contribution < -0.4 is 5.32 Å². The highest BCUT2D eigenvalue weighted by molar-refractivity contribution is 6.14. The predicted octanol–water partition coefficient (Wildman–Crippen LogP) is 6.13. The molecule has 3 fully saturated rings. The number of anilines is 1. The van der Waals surface area contributed by atoms with Gasteiger partial charge in [-0.15, -0.1) is 0 Å². The molecule has 1 heterocycles. The van der Waals surface area contributed by atoms with Gasteiger partial charge in [0.2, 0.25) is 5.91 Å². The van der Waals surface area contributed by atoms with Gasteiger partial charge in [0.1, 0.15) is 5.78 Å². The lowest BCUT2D eigenvalue weighted by molar-refractivity contribution is -0.127. The number of benzene rings is 2. The second kappa shape index (κ2) is 9.04. The lowest BCUT2D eigenvalue weighted by Gasteiger charge is -2.56. The number of fused-ring (bicyclic) bond motifs is 5. The SMILES string of the molecule is C[C@]12CCC(=O)CC1=NCC1C2CC[C@@]2(C)C1CC[C@@H]2C(=O)Nc1ccccc1C(=O)c1ccccc1. The number of carbonyl (C=O) groups excluding carboxylic acids is 3. The molecule has 0 spiro atoms. The highest BCUT2D eigenvalue weighted by atomic mass is 16.2. The summed E-state index contributed by atoms with van der Waals surface area (Å²) >= 11 is 0. The van der Waals surface area contributed by atoms with Gasteiger partial charge in [0.05, 0.1) is 5.69 Å². The van der Waals surface area contributed by atoms with Gasteiger partial charge in [-0.3, -0.25) is 19.4 Å². The minimum Gasteiger partial charge on any atom is -0.325 e. The molecule has 2 aromatic carbocycles. The molecule has 3 aliphatic carbocycles. The van der Waals surface area contributed by atoms with Gasteiger partial charge in [0.15, 0.2) is 5.78 Å². The quantitative estimate of drug-likeness (QED) is 0.518. The largest absolute Gasteiger partial charge is 0.325 e. The van der Waals surface area contributed by atoms with Crippen molar-refractivity contribution in [3.63, 3.8) is 0 Å². The maximum Gasteiger partial charge on any atom is 0.228 e. The Hall–Kier alpha value is -3.08. The van der Waals surface area contributed by atoms with Crippen molar-refractivity contribution in [1.29, 1.82) is 0 Å². The third kappa shape index (κ3) is 3.89.